The molecule has 0 saturated heterocycles. The van der Waals surface area contributed by atoms with Crippen molar-refractivity contribution in [1.29, 1.82) is 0 Å². The van der Waals surface area contributed by atoms with Gasteiger partial charge < -0.3 is 10.4 Å². The second kappa shape index (κ2) is 6.03. The summed E-state index contributed by atoms with van der Waals surface area (Å²) in [6.07, 6.45) is 10.3. The van der Waals surface area contributed by atoms with Crippen LogP contribution in [0.2, 0.25) is 0 Å². The Balaban J connectivity index is 1.93. The monoisotopic (exact) mass is 251 g/mol. The van der Waals surface area contributed by atoms with Crippen molar-refractivity contribution < 1.29 is 14.7 Å². The topological polar surface area (TPSA) is 66.4 Å². The molecule has 1 unspecified atom stereocenters. The molecule has 4 nitrogen and oxygen atoms in total. The van der Waals surface area contributed by atoms with Gasteiger partial charge in [-0.25, -0.2) is 0 Å². The van der Waals surface area contributed by atoms with Crippen LogP contribution in [0.3, 0.4) is 0 Å². The fraction of sp³-hybridized carbons (Fsp3) is 0.714. The quantitative estimate of drug-likeness (QED) is 0.755. The van der Waals surface area contributed by atoms with Crippen LogP contribution < -0.4 is 5.32 Å². The van der Waals surface area contributed by atoms with Crippen LogP contribution in [0.4, 0.5) is 0 Å². The first-order valence-electron chi connectivity index (χ1n) is 6.86. The van der Waals surface area contributed by atoms with Crippen molar-refractivity contribution in [2.45, 2.75) is 51.0 Å². The molecule has 3 atom stereocenters. The maximum absolute atomic E-state index is 12.2. The Labute approximate surface area is 107 Å². The van der Waals surface area contributed by atoms with Gasteiger partial charge >= 0.3 is 5.97 Å². The van der Waals surface area contributed by atoms with E-state index < -0.39 is 11.9 Å². The molecular formula is C14H21NO3. The summed E-state index contributed by atoms with van der Waals surface area (Å²) in [6, 6.07) is 0.193. The number of nitrogens with one attached hydrogen (secondary N) is 1. The smallest absolute Gasteiger partial charge is 0.307 e. The minimum absolute atomic E-state index is 0.0533. The number of carbonyl (C=O) groups is 2. The third-order valence-corrected chi connectivity index (χ3v) is 4.04. The van der Waals surface area contributed by atoms with Crippen molar-refractivity contribution in [2.75, 3.05) is 0 Å². The van der Waals surface area contributed by atoms with Crippen LogP contribution in [-0.2, 0) is 9.59 Å². The summed E-state index contributed by atoms with van der Waals surface area (Å²) >= 11 is 0. The number of allylic oxidation sites excluding steroid dienone is 1. The van der Waals surface area contributed by atoms with Gasteiger partial charge in [-0.2, -0.15) is 0 Å². The average molecular weight is 251 g/mol. The lowest BCUT2D eigenvalue weighted by atomic mass is 9.78. The fourth-order valence-electron chi connectivity index (χ4n) is 2.97. The minimum Gasteiger partial charge on any atom is -0.481 e. The highest BCUT2D eigenvalue weighted by Crippen LogP contribution is 2.30. The van der Waals surface area contributed by atoms with Crippen LogP contribution in [-0.4, -0.2) is 23.0 Å². The highest BCUT2D eigenvalue weighted by Gasteiger charge is 2.36. The molecular weight excluding hydrogens is 230 g/mol. The van der Waals surface area contributed by atoms with Crippen molar-refractivity contribution in [3.05, 3.63) is 12.2 Å². The highest BCUT2D eigenvalue weighted by atomic mass is 16.4. The number of hydrogen-bond acceptors (Lipinski definition) is 2. The van der Waals surface area contributed by atoms with Gasteiger partial charge in [-0.1, -0.05) is 25.0 Å². The van der Waals surface area contributed by atoms with Crippen LogP contribution in [0.5, 0.6) is 0 Å². The maximum Gasteiger partial charge on any atom is 0.307 e. The van der Waals surface area contributed by atoms with E-state index in [1.807, 2.05) is 0 Å². The molecule has 1 amide bonds. The number of carbonyl (C=O) groups excluding carboxylic acids is 1. The SMILES string of the molecule is O=C(O)[C@H]1CCCC[C@H]1C(=O)NC1CC=CCC1. The average Bonchev–Trinajstić information content (AvgIpc) is 2.40. The molecule has 0 aromatic rings. The molecule has 1 saturated carbocycles. The van der Waals surface area contributed by atoms with Crippen molar-refractivity contribution in [3.8, 4) is 0 Å². The highest BCUT2D eigenvalue weighted by molar-refractivity contribution is 5.85. The van der Waals surface area contributed by atoms with Crippen LogP contribution >= 0.6 is 0 Å². The first-order valence-corrected chi connectivity index (χ1v) is 6.86. The van der Waals surface area contributed by atoms with Crippen LogP contribution in [0.15, 0.2) is 12.2 Å². The van der Waals surface area contributed by atoms with Crippen LogP contribution in [0.1, 0.15) is 44.9 Å². The van der Waals surface area contributed by atoms with E-state index in [0.29, 0.717) is 12.8 Å². The zero-order valence-corrected chi connectivity index (χ0v) is 10.6. The molecule has 0 aromatic heterocycles. The maximum atomic E-state index is 12.2. The van der Waals surface area contributed by atoms with Gasteiger partial charge in [0.25, 0.3) is 0 Å². The minimum atomic E-state index is -0.821. The van der Waals surface area contributed by atoms with E-state index in [1.54, 1.807) is 0 Å². The van der Waals surface area contributed by atoms with E-state index in [4.69, 9.17) is 0 Å². The first kappa shape index (κ1) is 13.1. The second-order valence-corrected chi connectivity index (χ2v) is 5.33. The summed E-state index contributed by atoms with van der Waals surface area (Å²) in [5.74, 6) is -1.69. The number of rotatable bonds is 3. The molecule has 0 heterocycles. The van der Waals surface area contributed by atoms with E-state index in [0.717, 1.165) is 32.1 Å². The van der Waals surface area contributed by atoms with Gasteiger partial charge in [0.2, 0.25) is 5.91 Å². The summed E-state index contributed by atoms with van der Waals surface area (Å²) in [5.41, 5.74) is 0. The van der Waals surface area contributed by atoms with Gasteiger partial charge in [0, 0.05) is 6.04 Å². The lowest BCUT2D eigenvalue weighted by Gasteiger charge is -2.29. The number of carboxylic acid groups (broad SMARTS) is 1. The lowest BCUT2D eigenvalue weighted by molar-refractivity contribution is -0.149. The second-order valence-electron chi connectivity index (χ2n) is 5.33. The van der Waals surface area contributed by atoms with Crippen molar-refractivity contribution in [1.82, 2.24) is 5.32 Å². The number of carboxylic acids is 1. The van der Waals surface area contributed by atoms with E-state index in [2.05, 4.69) is 17.5 Å². The fourth-order valence-corrected chi connectivity index (χ4v) is 2.97. The summed E-state index contributed by atoms with van der Waals surface area (Å²) in [7, 11) is 0. The summed E-state index contributed by atoms with van der Waals surface area (Å²) in [6.45, 7) is 0. The van der Waals surface area contributed by atoms with E-state index in [9.17, 15) is 14.7 Å². The van der Waals surface area contributed by atoms with Crippen molar-refractivity contribution in [3.63, 3.8) is 0 Å². The zero-order valence-electron chi connectivity index (χ0n) is 10.6. The molecule has 2 aliphatic rings. The standard InChI is InChI=1S/C14H21NO3/c16-13(15-10-6-2-1-3-7-10)11-8-4-5-9-12(11)14(17)18/h1-2,10-12H,3-9H2,(H,15,16)(H,17,18)/t10?,11-,12+/m1/s1. The third kappa shape index (κ3) is 3.12. The molecule has 0 aliphatic heterocycles. The molecule has 2 aliphatic carbocycles. The number of aliphatic carboxylic acids is 1. The molecule has 2 rings (SSSR count). The third-order valence-electron chi connectivity index (χ3n) is 4.04. The Morgan fingerprint density at radius 3 is 2.39 bits per heavy atom. The van der Waals surface area contributed by atoms with Crippen molar-refractivity contribution in [2.24, 2.45) is 11.8 Å². The predicted octanol–water partition coefficient (Wildman–Crippen LogP) is 2.10. The summed E-state index contributed by atoms with van der Waals surface area (Å²) in [4.78, 5) is 23.4. The molecule has 18 heavy (non-hydrogen) atoms. The Kier molecular flexibility index (Phi) is 4.39. The largest absolute Gasteiger partial charge is 0.481 e. The Morgan fingerprint density at radius 1 is 1.06 bits per heavy atom. The zero-order chi connectivity index (χ0) is 13.0. The molecule has 0 spiro atoms. The predicted molar refractivity (Wildman–Crippen MR) is 68.0 cm³/mol. The van der Waals surface area contributed by atoms with Crippen LogP contribution in [0.25, 0.3) is 0 Å². The lowest BCUT2D eigenvalue weighted by Crippen LogP contribution is -2.44. The van der Waals surface area contributed by atoms with Gasteiger partial charge in [0.05, 0.1) is 11.8 Å². The Morgan fingerprint density at radius 2 is 1.78 bits per heavy atom. The van der Waals surface area contributed by atoms with E-state index in [1.165, 1.54) is 0 Å². The number of hydrogen-bond donors (Lipinski definition) is 2. The molecule has 4 heteroatoms. The Hall–Kier alpha value is -1.32. The van der Waals surface area contributed by atoms with Gasteiger partial charge in [-0.15, -0.1) is 0 Å². The van der Waals surface area contributed by atoms with E-state index in [-0.39, 0.29) is 17.9 Å². The normalized spacial score (nSPS) is 31.9. The molecule has 0 aromatic carbocycles. The summed E-state index contributed by atoms with van der Waals surface area (Å²) in [5, 5.41) is 12.2. The molecule has 0 bridgehead atoms. The first-order chi connectivity index (χ1) is 8.68. The van der Waals surface area contributed by atoms with E-state index >= 15 is 0 Å². The molecule has 0 radical (unpaired) electrons. The summed E-state index contributed by atoms with van der Waals surface area (Å²) < 4.78 is 0. The molecule has 1 fully saturated rings. The van der Waals surface area contributed by atoms with Gasteiger partial charge in [-0.3, -0.25) is 9.59 Å². The van der Waals surface area contributed by atoms with Gasteiger partial charge in [-0.05, 0) is 32.1 Å². The van der Waals surface area contributed by atoms with Gasteiger partial charge in [0.15, 0.2) is 0 Å². The number of amides is 1. The van der Waals surface area contributed by atoms with Crippen molar-refractivity contribution >= 4 is 11.9 Å². The molecule has 100 valence electrons. The Bertz CT molecular complexity index is 351. The van der Waals surface area contributed by atoms with Crippen LogP contribution in [0, 0.1) is 11.8 Å². The molecule has 2 N–H and O–H groups in total. The van der Waals surface area contributed by atoms with Gasteiger partial charge in [0.1, 0.15) is 0 Å².